The van der Waals surface area contributed by atoms with Crippen LogP contribution in [0.5, 0.6) is 0 Å². The summed E-state index contributed by atoms with van der Waals surface area (Å²) >= 11 is 0. The van der Waals surface area contributed by atoms with Crippen molar-refractivity contribution in [3.63, 3.8) is 0 Å². The molecule has 3 saturated heterocycles. The van der Waals surface area contributed by atoms with Crippen LogP contribution in [0.25, 0.3) is 0 Å². The Morgan fingerprint density at radius 3 is 2.18 bits per heavy atom. The molecule has 1 aliphatic carbocycles. The predicted molar refractivity (Wildman–Crippen MR) is 165 cm³/mol. The smallest absolute Gasteiger partial charge is 0.475 e. The van der Waals surface area contributed by atoms with Crippen molar-refractivity contribution in [3.05, 3.63) is 34.9 Å². The summed E-state index contributed by atoms with van der Waals surface area (Å²) in [4.78, 5) is 42.1. The molecule has 1 atom stereocenters. The molecule has 1 aromatic rings. The molecule has 252 valence electrons. The molecule has 0 aromatic heterocycles. The van der Waals surface area contributed by atoms with Gasteiger partial charge in [-0.05, 0) is 63.5 Å². The summed E-state index contributed by atoms with van der Waals surface area (Å²) in [6, 6.07) is 6.87. The molecule has 1 unspecified atom stereocenters. The molecule has 1 aromatic carbocycles. The number of aliphatic carboxylic acids is 1. The molecule has 4 fully saturated rings. The first-order chi connectivity index (χ1) is 21.3. The van der Waals surface area contributed by atoms with E-state index in [-0.39, 0.29) is 23.6 Å². The first-order valence-corrected chi connectivity index (χ1v) is 16.7. The minimum absolute atomic E-state index is 0.0525. The van der Waals surface area contributed by atoms with Gasteiger partial charge >= 0.3 is 18.2 Å². The van der Waals surface area contributed by atoms with E-state index in [1.54, 1.807) is 0 Å². The van der Waals surface area contributed by atoms with Crippen LogP contribution in [-0.2, 0) is 9.53 Å². The summed E-state index contributed by atoms with van der Waals surface area (Å²) in [5.74, 6) is -1.94. The molecule has 1 saturated carbocycles. The zero-order chi connectivity index (χ0) is 32.8. The van der Waals surface area contributed by atoms with Crippen LogP contribution in [0.2, 0.25) is 0 Å². The Labute approximate surface area is 265 Å². The van der Waals surface area contributed by atoms with Gasteiger partial charge in [-0.3, -0.25) is 9.69 Å². The molecule has 8 nitrogen and oxygen atoms in total. The summed E-state index contributed by atoms with van der Waals surface area (Å²) in [7, 11) is 0. The average molecular weight is 638 g/mol. The third-order valence-electron chi connectivity index (χ3n) is 10.3. The zero-order valence-corrected chi connectivity index (χ0v) is 27.0. The molecule has 0 radical (unpaired) electrons. The summed E-state index contributed by atoms with van der Waals surface area (Å²) in [6.07, 6.45) is 8.65. The number of rotatable bonds is 7. The molecule has 0 bridgehead atoms. The third-order valence-corrected chi connectivity index (χ3v) is 10.3. The van der Waals surface area contributed by atoms with Crippen molar-refractivity contribution in [1.29, 1.82) is 0 Å². The van der Waals surface area contributed by atoms with Gasteiger partial charge in [0.2, 0.25) is 0 Å². The molecule has 3 aliphatic heterocycles. The van der Waals surface area contributed by atoms with E-state index in [1.807, 2.05) is 24.0 Å². The number of nitrogens with zero attached hydrogens (tertiary/aromatic N) is 3. The normalized spacial score (nSPS) is 23.1. The molecule has 5 rings (SSSR count). The highest BCUT2D eigenvalue weighted by atomic mass is 19.4. The van der Waals surface area contributed by atoms with E-state index in [0.717, 1.165) is 88.8 Å². The molecular formula is C34H50F3N3O5. The van der Waals surface area contributed by atoms with E-state index >= 15 is 0 Å². The fourth-order valence-corrected chi connectivity index (χ4v) is 7.74. The van der Waals surface area contributed by atoms with Gasteiger partial charge in [0.25, 0.3) is 5.91 Å². The van der Waals surface area contributed by atoms with Gasteiger partial charge in [-0.1, -0.05) is 56.7 Å². The number of carboxylic acid groups (broad SMARTS) is 1. The largest absolute Gasteiger partial charge is 0.490 e. The topological polar surface area (TPSA) is 90.4 Å². The summed E-state index contributed by atoms with van der Waals surface area (Å²) in [6.45, 7) is 10.9. The van der Waals surface area contributed by atoms with Crippen molar-refractivity contribution in [3.8, 4) is 0 Å². The first-order valence-electron chi connectivity index (χ1n) is 16.7. The second-order valence-electron chi connectivity index (χ2n) is 13.4. The molecule has 1 N–H and O–H groups in total. The fraction of sp³-hybridized carbons (Fsp3) is 0.735. The second-order valence-corrected chi connectivity index (χ2v) is 13.4. The lowest BCUT2D eigenvalue weighted by Crippen LogP contribution is -2.56. The summed E-state index contributed by atoms with van der Waals surface area (Å²) in [5, 5.41) is 7.12. The maximum atomic E-state index is 13.2. The Morgan fingerprint density at radius 1 is 1.00 bits per heavy atom. The van der Waals surface area contributed by atoms with Gasteiger partial charge in [0.15, 0.2) is 0 Å². The number of halogens is 3. The quantitative estimate of drug-likeness (QED) is 0.348. The Kier molecular flexibility index (Phi) is 11.8. The number of ether oxygens (including phenoxy) is 1. The number of alkyl halides is 3. The van der Waals surface area contributed by atoms with Gasteiger partial charge in [-0.2, -0.15) is 13.2 Å². The van der Waals surface area contributed by atoms with E-state index in [1.165, 1.54) is 37.7 Å². The van der Waals surface area contributed by atoms with Crippen LogP contribution in [-0.4, -0.2) is 94.4 Å². The number of hydrogen-bond donors (Lipinski definition) is 1. The van der Waals surface area contributed by atoms with Crippen molar-refractivity contribution in [2.75, 3.05) is 32.7 Å². The number of carboxylic acids is 1. The number of likely N-dealkylation sites (tertiary alicyclic amines) is 2. The van der Waals surface area contributed by atoms with E-state index in [9.17, 15) is 22.8 Å². The van der Waals surface area contributed by atoms with Gasteiger partial charge in [-0.25, -0.2) is 9.59 Å². The number of carbonyl (C=O) groups excluding carboxylic acids is 2. The molecule has 11 heteroatoms. The lowest BCUT2D eigenvalue weighted by Gasteiger charge is -2.46. The molecule has 1 spiro atoms. The Morgan fingerprint density at radius 2 is 1.62 bits per heavy atom. The minimum Gasteiger partial charge on any atom is -0.475 e. The highest BCUT2D eigenvalue weighted by Gasteiger charge is 2.55. The van der Waals surface area contributed by atoms with Crippen LogP contribution >= 0.6 is 0 Å². The number of piperidine rings is 2. The number of hydrogen-bond acceptors (Lipinski definition) is 5. The van der Waals surface area contributed by atoms with Crippen molar-refractivity contribution >= 4 is 18.0 Å². The Balaban J connectivity index is 0.000000591. The van der Waals surface area contributed by atoms with Gasteiger partial charge < -0.3 is 19.6 Å². The predicted octanol–water partition coefficient (Wildman–Crippen LogP) is 6.97. The first kappa shape index (κ1) is 35.0. The number of aryl methyl sites for hydroxylation is 2. The number of amides is 2. The number of carbonyl (C=O) groups is 3. The van der Waals surface area contributed by atoms with Crippen LogP contribution < -0.4 is 0 Å². The SMILES string of the molecule is CCCCC1N(CC2CCCCC2)C(=O)OC12CCN(C1CCN(C(=O)c3ccc(C)cc3C)CC1)CC2.O=C(O)C(F)(F)F. The standard InChI is InChI=1S/C32H49N3O3.C2HF3O2/c1-4-5-11-29-32(38-31(37)35(29)23-26-9-7-6-8-10-26)16-20-33(21-17-32)27-14-18-34(19-15-27)30(36)28-13-12-24(2)22-25(28)3;3-2(4,5)1(6)7/h12-13,22,26-27,29H,4-11,14-21,23H2,1-3H3;(H,6,7). The lowest BCUT2D eigenvalue weighted by atomic mass is 9.80. The highest BCUT2D eigenvalue weighted by Crippen LogP contribution is 2.43. The minimum atomic E-state index is -5.08. The zero-order valence-electron chi connectivity index (χ0n) is 27.0. The van der Waals surface area contributed by atoms with E-state index in [0.29, 0.717) is 12.0 Å². The Hall–Kier alpha value is -2.82. The van der Waals surface area contributed by atoms with Crippen LogP contribution in [0.3, 0.4) is 0 Å². The van der Waals surface area contributed by atoms with Crippen molar-refractivity contribution in [2.24, 2.45) is 5.92 Å². The van der Waals surface area contributed by atoms with Crippen molar-refractivity contribution in [2.45, 2.75) is 122 Å². The van der Waals surface area contributed by atoms with Gasteiger partial charge in [0.1, 0.15) is 5.60 Å². The van der Waals surface area contributed by atoms with E-state index < -0.39 is 12.1 Å². The van der Waals surface area contributed by atoms with Gasteiger partial charge in [0, 0.05) is 57.2 Å². The molecule has 2 amide bonds. The van der Waals surface area contributed by atoms with E-state index in [4.69, 9.17) is 14.6 Å². The second kappa shape index (κ2) is 15.2. The molecular weight excluding hydrogens is 587 g/mol. The maximum Gasteiger partial charge on any atom is 0.490 e. The van der Waals surface area contributed by atoms with E-state index in [2.05, 4.69) is 29.7 Å². The molecule has 4 aliphatic rings. The average Bonchev–Trinajstić information content (AvgIpc) is 3.25. The van der Waals surface area contributed by atoms with Crippen LogP contribution in [0, 0.1) is 19.8 Å². The molecule has 3 heterocycles. The van der Waals surface area contributed by atoms with Crippen LogP contribution in [0.15, 0.2) is 18.2 Å². The summed E-state index contributed by atoms with van der Waals surface area (Å²) in [5.41, 5.74) is 2.80. The monoisotopic (exact) mass is 637 g/mol. The van der Waals surface area contributed by atoms with Crippen molar-refractivity contribution in [1.82, 2.24) is 14.7 Å². The number of unbranched alkanes of at least 4 members (excludes halogenated alkanes) is 1. The third kappa shape index (κ3) is 8.71. The highest BCUT2D eigenvalue weighted by molar-refractivity contribution is 5.95. The van der Waals surface area contributed by atoms with Crippen LogP contribution in [0.4, 0.5) is 18.0 Å². The maximum absolute atomic E-state index is 13.2. The molecule has 45 heavy (non-hydrogen) atoms. The van der Waals surface area contributed by atoms with Gasteiger partial charge in [0.05, 0.1) is 6.04 Å². The van der Waals surface area contributed by atoms with Crippen LogP contribution in [0.1, 0.15) is 105 Å². The number of benzene rings is 1. The van der Waals surface area contributed by atoms with Crippen molar-refractivity contribution < 1.29 is 37.4 Å². The lowest BCUT2D eigenvalue weighted by molar-refractivity contribution is -0.192. The Bertz CT molecular complexity index is 1170. The fourth-order valence-electron chi connectivity index (χ4n) is 7.74. The summed E-state index contributed by atoms with van der Waals surface area (Å²) < 4.78 is 38.0. The van der Waals surface area contributed by atoms with Gasteiger partial charge in [-0.15, -0.1) is 0 Å².